The van der Waals surface area contributed by atoms with E-state index in [1.54, 1.807) is 11.0 Å². The fourth-order valence-electron chi connectivity index (χ4n) is 2.40. The van der Waals surface area contributed by atoms with Crippen molar-refractivity contribution in [1.82, 2.24) is 10.1 Å². The summed E-state index contributed by atoms with van der Waals surface area (Å²) in [7, 11) is 0. The molecule has 1 aromatic rings. The summed E-state index contributed by atoms with van der Waals surface area (Å²) in [4.78, 5) is 26.0. The van der Waals surface area contributed by atoms with Gasteiger partial charge in [-0.25, -0.2) is 0 Å². The molecule has 1 aromatic heterocycles. The normalized spacial score (nSPS) is 17.7. The number of anilines is 1. The summed E-state index contributed by atoms with van der Waals surface area (Å²) in [6.07, 6.45) is 3.75. The summed E-state index contributed by atoms with van der Waals surface area (Å²) in [5.74, 6) is 0.279. The Balaban J connectivity index is 1.92. The average molecular weight is 309 g/mol. The Morgan fingerprint density at radius 1 is 1.50 bits per heavy atom. The van der Waals surface area contributed by atoms with Gasteiger partial charge in [-0.05, 0) is 18.8 Å². The molecule has 7 heteroatoms. The van der Waals surface area contributed by atoms with E-state index in [9.17, 15) is 9.59 Å². The van der Waals surface area contributed by atoms with Gasteiger partial charge in [0.2, 0.25) is 11.8 Å². The minimum atomic E-state index is -0.288. The van der Waals surface area contributed by atoms with Gasteiger partial charge >= 0.3 is 0 Å². The van der Waals surface area contributed by atoms with Crippen molar-refractivity contribution in [3.8, 4) is 0 Å². The number of carbonyl (C=O) groups is 2. The zero-order chi connectivity index (χ0) is 15.9. The third kappa shape index (κ3) is 5.14. The summed E-state index contributed by atoms with van der Waals surface area (Å²) in [6, 6.07) is 1.55. The maximum absolute atomic E-state index is 12.3. The molecule has 0 aromatic carbocycles. The van der Waals surface area contributed by atoms with Gasteiger partial charge in [-0.15, -0.1) is 0 Å². The second kappa shape index (κ2) is 7.93. The van der Waals surface area contributed by atoms with Crippen molar-refractivity contribution in [3.63, 3.8) is 0 Å². The van der Waals surface area contributed by atoms with Crippen LogP contribution in [0.1, 0.15) is 33.1 Å². The molecule has 0 saturated carbocycles. The Labute approximate surface area is 130 Å². The summed E-state index contributed by atoms with van der Waals surface area (Å²) in [5.41, 5.74) is 0. The first-order chi connectivity index (χ1) is 10.5. The van der Waals surface area contributed by atoms with Crippen LogP contribution in [0.25, 0.3) is 0 Å². The lowest BCUT2D eigenvalue weighted by Crippen LogP contribution is -2.42. The molecule has 2 amide bonds. The van der Waals surface area contributed by atoms with E-state index in [1.165, 1.54) is 6.26 Å². The highest BCUT2D eigenvalue weighted by atomic mass is 16.5. The van der Waals surface area contributed by atoms with Gasteiger partial charge in [-0.1, -0.05) is 19.0 Å². The van der Waals surface area contributed by atoms with Crippen LogP contribution in [0, 0.1) is 5.92 Å². The first-order valence-electron chi connectivity index (χ1n) is 7.64. The van der Waals surface area contributed by atoms with E-state index in [-0.39, 0.29) is 30.4 Å². The molecule has 2 rings (SSSR count). The van der Waals surface area contributed by atoms with Crippen molar-refractivity contribution >= 4 is 17.6 Å². The second-order valence-corrected chi connectivity index (χ2v) is 5.94. The topological polar surface area (TPSA) is 84.7 Å². The monoisotopic (exact) mass is 309 g/mol. The standard InChI is InChI=1S/C15H23N3O4/c1-11(2)8-15(20)18(9-12-4-3-6-21-12)10-14(19)16-13-5-7-22-17-13/h5,7,11-12H,3-4,6,8-10H2,1-2H3,(H,16,17,19)/t12-/m0/s1. The zero-order valence-electron chi connectivity index (χ0n) is 13.1. The van der Waals surface area contributed by atoms with Gasteiger partial charge in [0.25, 0.3) is 0 Å². The molecule has 0 unspecified atom stereocenters. The van der Waals surface area contributed by atoms with E-state index in [0.717, 1.165) is 19.4 Å². The van der Waals surface area contributed by atoms with Crippen molar-refractivity contribution in [2.24, 2.45) is 5.92 Å². The quantitative estimate of drug-likeness (QED) is 0.828. The Morgan fingerprint density at radius 2 is 2.32 bits per heavy atom. The number of ether oxygens (including phenoxy) is 1. The molecule has 22 heavy (non-hydrogen) atoms. The minimum Gasteiger partial charge on any atom is -0.376 e. The van der Waals surface area contributed by atoms with E-state index in [1.807, 2.05) is 13.8 Å². The number of amides is 2. The molecule has 122 valence electrons. The molecule has 1 saturated heterocycles. The molecule has 0 radical (unpaired) electrons. The average Bonchev–Trinajstić information content (AvgIpc) is 3.10. The molecule has 0 spiro atoms. The maximum atomic E-state index is 12.3. The van der Waals surface area contributed by atoms with Gasteiger partial charge in [-0.3, -0.25) is 9.59 Å². The van der Waals surface area contributed by atoms with Crippen molar-refractivity contribution < 1.29 is 18.8 Å². The lowest BCUT2D eigenvalue weighted by Gasteiger charge is -2.25. The highest BCUT2D eigenvalue weighted by molar-refractivity contribution is 5.93. The van der Waals surface area contributed by atoms with E-state index in [0.29, 0.717) is 18.8 Å². The summed E-state index contributed by atoms with van der Waals surface area (Å²) in [5, 5.41) is 6.23. The predicted octanol–water partition coefficient (Wildman–Crippen LogP) is 1.67. The first-order valence-corrected chi connectivity index (χ1v) is 7.64. The number of nitrogens with one attached hydrogen (secondary N) is 1. The van der Waals surface area contributed by atoms with Crippen molar-refractivity contribution in [3.05, 3.63) is 12.3 Å². The summed E-state index contributed by atoms with van der Waals surface area (Å²) >= 11 is 0. The Hall–Kier alpha value is -1.89. The van der Waals surface area contributed by atoms with Crippen LogP contribution in [0.2, 0.25) is 0 Å². The van der Waals surface area contributed by atoms with Crippen LogP contribution >= 0.6 is 0 Å². The predicted molar refractivity (Wildman–Crippen MR) is 80.1 cm³/mol. The van der Waals surface area contributed by atoms with Crippen LogP contribution in [0.4, 0.5) is 5.82 Å². The van der Waals surface area contributed by atoms with Gasteiger partial charge in [0.15, 0.2) is 5.82 Å². The van der Waals surface area contributed by atoms with Gasteiger partial charge < -0.3 is 19.5 Å². The molecular weight excluding hydrogens is 286 g/mol. The first kappa shape index (κ1) is 16.5. The fourth-order valence-corrected chi connectivity index (χ4v) is 2.40. The molecule has 1 aliphatic rings. The Morgan fingerprint density at radius 3 is 2.91 bits per heavy atom. The summed E-state index contributed by atoms with van der Waals surface area (Å²) in [6.45, 7) is 5.15. The molecule has 1 aliphatic heterocycles. The third-order valence-corrected chi connectivity index (χ3v) is 3.42. The van der Waals surface area contributed by atoms with Crippen LogP contribution < -0.4 is 5.32 Å². The van der Waals surface area contributed by atoms with Gasteiger partial charge in [-0.2, -0.15) is 0 Å². The zero-order valence-corrected chi connectivity index (χ0v) is 13.1. The molecular formula is C15H23N3O4. The third-order valence-electron chi connectivity index (χ3n) is 3.42. The smallest absolute Gasteiger partial charge is 0.245 e. The van der Waals surface area contributed by atoms with E-state index < -0.39 is 0 Å². The van der Waals surface area contributed by atoms with Crippen LogP contribution in [0.3, 0.4) is 0 Å². The number of carbonyl (C=O) groups excluding carboxylic acids is 2. The van der Waals surface area contributed by atoms with Gasteiger partial charge in [0.1, 0.15) is 6.26 Å². The van der Waals surface area contributed by atoms with Crippen molar-refractivity contribution in [2.45, 2.75) is 39.2 Å². The van der Waals surface area contributed by atoms with Crippen LogP contribution in [-0.2, 0) is 14.3 Å². The van der Waals surface area contributed by atoms with Gasteiger partial charge in [0.05, 0.1) is 12.6 Å². The lowest BCUT2D eigenvalue weighted by molar-refractivity contribution is -0.136. The van der Waals surface area contributed by atoms with Crippen LogP contribution in [0.5, 0.6) is 0 Å². The highest BCUT2D eigenvalue weighted by Gasteiger charge is 2.24. The maximum Gasteiger partial charge on any atom is 0.245 e. The highest BCUT2D eigenvalue weighted by Crippen LogP contribution is 2.15. The number of hydrogen-bond donors (Lipinski definition) is 1. The lowest BCUT2D eigenvalue weighted by atomic mass is 10.1. The molecule has 0 bridgehead atoms. The Kier molecular flexibility index (Phi) is 5.94. The van der Waals surface area contributed by atoms with E-state index >= 15 is 0 Å². The second-order valence-electron chi connectivity index (χ2n) is 5.94. The summed E-state index contributed by atoms with van der Waals surface area (Å²) < 4.78 is 10.2. The number of nitrogens with zero attached hydrogens (tertiary/aromatic N) is 2. The molecule has 1 atom stereocenters. The molecule has 0 aliphatic carbocycles. The van der Waals surface area contributed by atoms with Crippen molar-refractivity contribution in [2.75, 3.05) is 25.0 Å². The minimum absolute atomic E-state index is 0.00171. The molecule has 2 heterocycles. The van der Waals surface area contributed by atoms with Crippen LogP contribution in [-0.4, -0.2) is 47.7 Å². The Bertz CT molecular complexity index is 481. The van der Waals surface area contributed by atoms with Crippen molar-refractivity contribution in [1.29, 1.82) is 0 Å². The number of aromatic nitrogens is 1. The molecule has 1 fully saturated rings. The molecule has 7 nitrogen and oxygen atoms in total. The van der Waals surface area contributed by atoms with E-state index in [4.69, 9.17) is 4.74 Å². The fraction of sp³-hybridized carbons (Fsp3) is 0.667. The molecule has 1 N–H and O–H groups in total. The number of hydrogen-bond acceptors (Lipinski definition) is 5. The van der Waals surface area contributed by atoms with Gasteiger partial charge in [0, 0.05) is 25.6 Å². The largest absolute Gasteiger partial charge is 0.376 e. The van der Waals surface area contributed by atoms with E-state index in [2.05, 4.69) is 15.0 Å². The number of rotatable bonds is 7. The van der Waals surface area contributed by atoms with Crippen LogP contribution in [0.15, 0.2) is 16.9 Å². The SMILES string of the molecule is CC(C)CC(=O)N(CC(=O)Nc1ccon1)C[C@@H]1CCCO1.